The zero-order valence-corrected chi connectivity index (χ0v) is 60.3. The molecule has 1 saturated carbocycles. The quantitative estimate of drug-likeness (QED) is 0.0583. The number of nitriles is 1. The number of para-hydroxylation sites is 1. The van der Waals surface area contributed by atoms with Gasteiger partial charge in [-0.15, -0.1) is 0 Å². The Balaban J connectivity index is 0.974. The van der Waals surface area contributed by atoms with E-state index in [1.807, 2.05) is 138 Å². The number of carbonyl (C=O) groups excluding carboxylic acids is 5. The Morgan fingerprint density at radius 1 is 0.812 bits per heavy atom. The van der Waals surface area contributed by atoms with Crippen molar-refractivity contribution in [1.29, 1.82) is 5.26 Å². The second kappa shape index (κ2) is 32.9. The van der Waals surface area contributed by atoms with E-state index in [-0.39, 0.29) is 80.6 Å². The maximum Gasteiger partial charge on any atom is 0.333 e. The van der Waals surface area contributed by atoms with Gasteiger partial charge in [-0.1, -0.05) is 107 Å². The van der Waals surface area contributed by atoms with E-state index in [9.17, 15) is 44.6 Å². The van der Waals surface area contributed by atoms with Crippen molar-refractivity contribution in [3.05, 3.63) is 149 Å². The first-order valence-electron chi connectivity index (χ1n) is 35.9. The first-order valence-corrected chi connectivity index (χ1v) is 35.9. The second-order valence-corrected chi connectivity index (χ2v) is 29.4. The fraction of sp³-hybridized carbons (Fsp3) is 0.519. The van der Waals surface area contributed by atoms with Crippen LogP contribution in [0.2, 0.25) is 0 Å². The first kappa shape index (κ1) is 75.5. The molecule has 101 heavy (non-hydrogen) atoms. The van der Waals surface area contributed by atoms with Crippen LogP contribution in [0.15, 0.2) is 138 Å². The summed E-state index contributed by atoms with van der Waals surface area (Å²) < 4.78 is 34.4. The Morgan fingerprint density at radius 2 is 1.56 bits per heavy atom. The Morgan fingerprint density at radius 3 is 2.31 bits per heavy atom. The van der Waals surface area contributed by atoms with Crippen LogP contribution in [-0.4, -0.2) is 150 Å². The molecular formula is C81H100N6O14. The van der Waals surface area contributed by atoms with E-state index in [1.54, 1.807) is 56.2 Å². The molecule has 6 heterocycles. The summed E-state index contributed by atoms with van der Waals surface area (Å²) in [5, 5.41) is 46.7. The predicted octanol–water partition coefficient (Wildman–Crippen LogP) is 11.9. The molecule has 3 aliphatic heterocycles. The lowest BCUT2D eigenvalue weighted by Gasteiger charge is -2.43. The summed E-state index contributed by atoms with van der Waals surface area (Å²) in [4.78, 5) is 99.3. The molecule has 6 aromatic rings. The van der Waals surface area contributed by atoms with Crippen molar-refractivity contribution in [2.24, 2.45) is 35.5 Å². The summed E-state index contributed by atoms with van der Waals surface area (Å²) in [6.45, 7) is 16.3. The summed E-state index contributed by atoms with van der Waals surface area (Å²) >= 11 is 0. The summed E-state index contributed by atoms with van der Waals surface area (Å²) in [6.07, 6.45) is 12.8. The highest BCUT2D eigenvalue weighted by atomic mass is 16.6. The monoisotopic (exact) mass is 1380 g/mol. The Kier molecular flexibility index (Phi) is 24.6. The number of methoxy groups -OCH3 is 2. The van der Waals surface area contributed by atoms with Gasteiger partial charge in [0, 0.05) is 73.9 Å². The van der Waals surface area contributed by atoms with Crippen LogP contribution in [0.5, 0.6) is 0 Å². The number of allylic oxidation sites excluding steroid dienone is 6. The number of carbonyl (C=O) groups is 5. The number of hydrogen-bond acceptors (Lipinski definition) is 17. The molecular weight excluding hydrogens is 1280 g/mol. The van der Waals surface area contributed by atoms with E-state index in [4.69, 9.17) is 33.7 Å². The Bertz CT molecular complexity index is 4240. The number of amides is 1. The number of aliphatic hydroxyl groups excluding tert-OH is 2. The molecule has 4 aliphatic rings. The highest BCUT2D eigenvalue weighted by Crippen LogP contribution is 2.39. The number of esters is 1. The fourth-order valence-corrected chi connectivity index (χ4v) is 15.2. The van der Waals surface area contributed by atoms with Gasteiger partial charge in [0.1, 0.15) is 30.1 Å². The summed E-state index contributed by atoms with van der Waals surface area (Å²) in [7, 11) is 2.93. The van der Waals surface area contributed by atoms with Gasteiger partial charge in [0.25, 0.3) is 11.7 Å². The van der Waals surface area contributed by atoms with Crippen molar-refractivity contribution < 1.29 is 63.0 Å². The Hall–Kier alpha value is -8.13. The molecule has 0 spiro atoms. The largest absolute Gasteiger partial charge is 0.460 e. The fourth-order valence-electron chi connectivity index (χ4n) is 15.2. The number of pyridine rings is 2. The van der Waals surface area contributed by atoms with Gasteiger partial charge < -0.3 is 43.9 Å². The second-order valence-electron chi connectivity index (χ2n) is 29.4. The number of rotatable bonds is 12. The van der Waals surface area contributed by atoms with Crippen LogP contribution in [0.4, 0.5) is 0 Å². The highest BCUT2D eigenvalue weighted by molar-refractivity contribution is 6.39. The molecule has 10 rings (SSSR count). The summed E-state index contributed by atoms with van der Waals surface area (Å²) in [6, 6.07) is 24.5. The van der Waals surface area contributed by atoms with Crippen LogP contribution < -0.4 is 5.69 Å². The number of Topliss-reactive ketones (excluding diaryl/α,β-unsaturated/α-hetero) is 3. The van der Waals surface area contributed by atoms with Gasteiger partial charge in [-0.2, -0.15) is 5.26 Å². The van der Waals surface area contributed by atoms with Crippen molar-refractivity contribution >= 4 is 62.1 Å². The minimum absolute atomic E-state index is 0.0110. The van der Waals surface area contributed by atoms with Gasteiger partial charge >= 0.3 is 11.7 Å². The number of piperidine rings is 1. The van der Waals surface area contributed by atoms with E-state index in [1.165, 1.54) is 12.0 Å². The lowest BCUT2D eigenvalue weighted by Crippen LogP contribution is -2.61. The molecule has 1 aliphatic carbocycles. The zero-order valence-electron chi connectivity index (χ0n) is 60.3. The molecule has 3 N–H and O–H groups in total. The van der Waals surface area contributed by atoms with E-state index >= 15 is 4.79 Å². The van der Waals surface area contributed by atoms with Crippen molar-refractivity contribution in [1.82, 2.24) is 24.0 Å². The average molecular weight is 1380 g/mol. The molecule has 3 aromatic heterocycles. The maximum atomic E-state index is 15.3. The van der Waals surface area contributed by atoms with Gasteiger partial charge in [0.05, 0.1) is 83.0 Å². The summed E-state index contributed by atoms with van der Waals surface area (Å²) in [5.74, 6) is -8.90. The van der Waals surface area contributed by atoms with E-state index < -0.39 is 95.2 Å². The minimum Gasteiger partial charge on any atom is -0.460 e. The normalized spacial score (nSPS) is 30.4. The van der Waals surface area contributed by atoms with Crippen molar-refractivity contribution in [2.45, 2.75) is 206 Å². The van der Waals surface area contributed by atoms with Gasteiger partial charge in [0.2, 0.25) is 5.79 Å². The van der Waals surface area contributed by atoms with Gasteiger partial charge in [-0.25, -0.2) is 9.59 Å². The highest BCUT2D eigenvalue weighted by Gasteiger charge is 2.53. The van der Waals surface area contributed by atoms with Gasteiger partial charge in [-0.3, -0.25) is 38.3 Å². The molecule has 1 amide bonds. The van der Waals surface area contributed by atoms with Crippen LogP contribution in [-0.2, 0) is 59.6 Å². The van der Waals surface area contributed by atoms with Crippen LogP contribution >= 0.6 is 0 Å². The smallest absolute Gasteiger partial charge is 0.333 e. The molecule has 3 aromatic carbocycles. The number of hydrogen-bond donors (Lipinski definition) is 3. The standard InChI is InChI=1S/C81H100N6O14/c1-48-19-13-12-14-20-49(2)69(99-36-35-86-66-46-84-64-32-26-56(58-41-57-21-15-16-22-63(57)83-45-58)42-62(64)72(66)87(79(86)95)60-29-27-59(28-30-60)80(8,9)47-82)43-61-31-24-54(7)81(96,101-61)76(92)77(93)85-34-18-17-23-65(85)78(94)100-70(51(4)39-55-25-33-67(88)71(40-55)97-10)44-68(89)50(3)38-53(6)74(91)75(98-11)73(90)52(5)37-48/h12-16,19-22,26-30,32,38,41-42,45-46,48,50-52,54-55,61,65,67,69-71,74-75,88,91,96H,17-18,23-25,31,33-37,39-40,43-44H2,1-11H3/b14-12+,19-13+,49-20-,53-38+/t48-,50-,51?,52-,54-,55-,61+,65+,67-,69+,70+,71-,74-,75+,81-/m1/s1. The van der Waals surface area contributed by atoms with Crippen LogP contribution in [0, 0.1) is 46.8 Å². The maximum absolute atomic E-state index is 15.3. The number of imidazole rings is 1. The SMILES string of the molecule is CO[C@@H]1C[C@@H](CC(C)[C@@H]2CC(=O)[C@H](C)/C=C(\C)[C@@H](O)[C@@H](OC)C(=O)[C@H](C)C[C@H](C)/C=C/C=C/C=C(/C)[C@@H](OCCn3c(=O)n(-c4ccc(C(C)(C)C#N)cc4)c4c5cc(-c6cnc7ccccc7c6)ccc5ncc43)C[C@@H]3CC[C@@H](C)[C@@](O)(O3)C(=O)C(=O)N3CCCC[C@H]3C(=O)O2)CC[C@H]1O. The minimum atomic E-state index is -2.60. The topological polar surface area (TPSA) is 272 Å². The van der Waals surface area contributed by atoms with E-state index in [0.29, 0.717) is 79.2 Å². The predicted molar refractivity (Wildman–Crippen MR) is 386 cm³/mol. The molecule has 1 unspecified atom stereocenters. The number of ether oxygens (including phenoxy) is 5. The lowest BCUT2D eigenvalue weighted by molar-refractivity contribution is -0.266. The molecule has 538 valence electrons. The lowest BCUT2D eigenvalue weighted by atomic mass is 9.78. The molecule has 15 atom stereocenters. The molecule has 0 radical (unpaired) electrons. The van der Waals surface area contributed by atoms with Crippen LogP contribution in [0.3, 0.4) is 0 Å². The number of aromatic nitrogens is 4. The molecule has 2 bridgehead atoms. The van der Waals surface area contributed by atoms with Crippen LogP contribution in [0.25, 0.3) is 49.7 Å². The van der Waals surface area contributed by atoms with Gasteiger partial charge in [-0.05, 0) is 168 Å². The summed E-state index contributed by atoms with van der Waals surface area (Å²) in [5.41, 5.74) is 5.72. The molecule has 20 nitrogen and oxygen atoms in total. The number of fused-ring (bicyclic) bond motifs is 7. The molecule has 20 heteroatoms. The van der Waals surface area contributed by atoms with Crippen molar-refractivity contribution in [2.75, 3.05) is 27.4 Å². The zero-order chi connectivity index (χ0) is 72.6. The molecule has 2 saturated heterocycles. The van der Waals surface area contributed by atoms with Crippen LogP contribution in [0.1, 0.15) is 145 Å². The van der Waals surface area contributed by atoms with Crippen molar-refractivity contribution in [3.8, 4) is 22.9 Å². The number of nitrogens with zero attached hydrogens (tertiary/aromatic N) is 6. The van der Waals surface area contributed by atoms with E-state index in [0.717, 1.165) is 38.6 Å². The number of aliphatic hydroxyl groups is 3. The third-order valence-corrected chi connectivity index (χ3v) is 21.6. The molecule has 3 fully saturated rings. The number of cyclic esters (lactones) is 1. The van der Waals surface area contributed by atoms with Gasteiger partial charge in [0.15, 0.2) is 5.78 Å². The van der Waals surface area contributed by atoms with Crippen molar-refractivity contribution in [3.63, 3.8) is 0 Å². The first-order chi connectivity index (χ1) is 48.2. The average Bonchev–Trinajstić information content (AvgIpc) is 1.61. The Labute approximate surface area is 592 Å². The number of ketones is 3. The van der Waals surface area contributed by atoms with E-state index in [2.05, 4.69) is 12.1 Å². The third kappa shape index (κ3) is 17.0. The third-order valence-electron chi connectivity index (χ3n) is 21.6. The number of benzene rings is 3.